The molecule has 2 heterocycles. The van der Waals surface area contributed by atoms with Gasteiger partial charge in [0.15, 0.2) is 0 Å². The SMILES string of the molecule is Brc1cnc2c(c1)CCc1c(ccc(C3CC3)c1Br)C2N1CCNCC1. The van der Waals surface area contributed by atoms with Crippen LogP contribution in [0, 0.1) is 0 Å². The summed E-state index contributed by atoms with van der Waals surface area (Å²) in [4.78, 5) is 7.52. The van der Waals surface area contributed by atoms with Crippen LogP contribution < -0.4 is 5.32 Å². The number of benzene rings is 1. The highest BCUT2D eigenvalue weighted by molar-refractivity contribution is 9.10. The first-order chi connectivity index (χ1) is 12.7. The Morgan fingerprint density at radius 1 is 1.04 bits per heavy atom. The molecule has 0 radical (unpaired) electrons. The molecular weight excluding hydrogens is 454 g/mol. The van der Waals surface area contributed by atoms with Crippen molar-refractivity contribution in [3.8, 4) is 0 Å². The van der Waals surface area contributed by atoms with Crippen LogP contribution in [-0.4, -0.2) is 36.1 Å². The largest absolute Gasteiger partial charge is 0.314 e. The Bertz CT molecular complexity index is 841. The lowest BCUT2D eigenvalue weighted by Crippen LogP contribution is -2.45. The van der Waals surface area contributed by atoms with E-state index in [9.17, 15) is 0 Å². The van der Waals surface area contributed by atoms with Crippen LogP contribution in [0.2, 0.25) is 0 Å². The van der Waals surface area contributed by atoms with Gasteiger partial charge >= 0.3 is 0 Å². The number of piperazine rings is 1. The number of aryl methyl sites for hydroxylation is 1. The number of rotatable bonds is 2. The average molecular weight is 477 g/mol. The van der Waals surface area contributed by atoms with Gasteiger partial charge in [-0.05, 0) is 75.9 Å². The first-order valence-corrected chi connectivity index (χ1v) is 11.2. The molecule has 1 aliphatic heterocycles. The van der Waals surface area contributed by atoms with Gasteiger partial charge in [0.1, 0.15) is 0 Å². The number of pyridine rings is 1. The molecule has 1 saturated carbocycles. The van der Waals surface area contributed by atoms with Crippen molar-refractivity contribution in [2.45, 2.75) is 37.6 Å². The summed E-state index contributed by atoms with van der Waals surface area (Å²) < 4.78 is 2.45. The lowest BCUT2D eigenvalue weighted by Gasteiger charge is -2.36. The zero-order valence-corrected chi connectivity index (χ0v) is 17.9. The number of aromatic nitrogens is 1. The summed E-state index contributed by atoms with van der Waals surface area (Å²) in [5.74, 6) is 0.769. The topological polar surface area (TPSA) is 28.2 Å². The molecule has 3 nitrogen and oxygen atoms in total. The molecule has 136 valence electrons. The van der Waals surface area contributed by atoms with Crippen molar-refractivity contribution < 1.29 is 0 Å². The van der Waals surface area contributed by atoms with Crippen LogP contribution in [0.5, 0.6) is 0 Å². The standard InChI is InChI=1S/C21H23Br2N3/c22-15-11-14-3-4-17-18(6-5-16(19(17)23)13-1-2-13)21(20(14)25-12-15)26-9-7-24-8-10-26/h5-6,11-13,21,24H,1-4,7-10H2. The second-order valence-electron chi connectivity index (χ2n) is 7.70. The minimum Gasteiger partial charge on any atom is -0.314 e. The van der Waals surface area contributed by atoms with Crippen LogP contribution in [0.15, 0.2) is 33.3 Å². The maximum absolute atomic E-state index is 4.91. The van der Waals surface area contributed by atoms with E-state index in [2.05, 4.69) is 60.3 Å². The number of halogens is 2. The molecule has 5 rings (SSSR count). The average Bonchev–Trinajstić information content (AvgIpc) is 3.49. The zero-order chi connectivity index (χ0) is 17.7. The molecule has 1 N–H and O–H groups in total. The fraction of sp³-hybridized carbons (Fsp3) is 0.476. The third-order valence-electron chi connectivity index (χ3n) is 6.01. The predicted molar refractivity (Wildman–Crippen MR) is 112 cm³/mol. The molecule has 1 atom stereocenters. The van der Waals surface area contributed by atoms with E-state index in [-0.39, 0.29) is 6.04 Å². The molecule has 0 spiro atoms. The fourth-order valence-electron chi connectivity index (χ4n) is 4.53. The highest BCUT2D eigenvalue weighted by Crippen LogP contribution is 2.47. The molecule has 1 saturated heterocycles. The zero-order valence-electron chi connectivity index (χ0n) is 14.8. The van der Waals surface area contributed by atoms with Gasteiger partial charge in [-0.1, -0.05) is 28.1 Å². The van der Waals surface area contributed by atoms with Crippen LogP contribution in [0.4, 0.5) is 0 Å². The second-order valence-corrected chi connectivity index (χ2v) is 9.41. The molecule has 0 amide bonds. The van der Waals surface area contributed by atoms with Gasteiger partial charge in [0.2, 0.25) is 0 Å². The Morgan fingerprint density at radius 2 is 1.81 bits per heavy atom. The van der Waals surface area contributed by atoms with Crippen molar-refractivity contribution >= 4 is 31.9 Å². The normalized spacial score (nSPS) is 23.2. The summed E-state index contributed by atoms with van der Waals surface area (Å²) in [6.07, 6.45) is 6.79. The van der Waals surface area contributed by atoms with E-state index >= 15 is 0 Å². The number of nitrogens with one attached hydrogen (secondary N) is 1. The number of nitrogens with zero attached hydrogens (tertiary/aromatic N) is 2. The number of hydrogen-bond acceptors (Lipinski definition) is 3. The molecule has 3 aliphatic rings. The quantitative estimate of drug-likeness (QED) is 0.687. The summed E-state index contributed by atoms with van der Waals surface area (Å²) in [6, 6.07) is 7.32. The second kappa shape index (κ2) is 7.01. The predicted octanol–water partition coefficient (Wildman–Crippen LogP) is 4.58. The van der Waals surface area contributed by atoms with E-state index in [1.165, 1.54) is 45.3 Å². The van der Waals surface area contributed by atoms with Crippen molar-refractivity contribution in [3.63, 3.8) is 0 Å². The lowest BCUT2D eigenvalue weighted by molar-refractivity contribution is 0.195. The van der Waals surface area contributed by atoms with Crippen molar-refractivity contribution in [3.05, 3.63) is 61.3 Å². The maximum atomic E-state index is 4.91. The lowest BCUT2D eigenvalue weighted by atomic mass is 9.93. The molecule has 2 aromatic rings. The van der Waals surface area contributed by atoms with Gasteiger partial charge in [0.25, 0.3) is 0 Å². The van der Waals surface area contributed by atoms with Crippen LogP contribution in [0.1, 0.15) is 52.7 Å². The Kier molecular flexibility index (Phi) is 4.68. The molecular formula is C21H23Br2N3. The van der Waals surface area contributed by atoms with E-state index in [1.807, 2.05) is 6.20 Å². The van der Waals surface area contributed by atoms with Crippen LogP contribution in [0.3, 0.4) is 0 Å². The summed E-state index contributed by atoms with van der Waals surface area (Å²) in [5.41, 5.74) is 7.12. The van der Waals surface area contributed by atoms with Crippen molar-refractivity contribution in [1.82, 2.24) is 15.2 Å². The minimum absolute atomic E-state index is 0.266. The van der Waals surface area contributed by atoms with E-state index in [0.29, 0.717) is 0 Å². The number of fused-ring (bicyclic) bond motifs is 2. The third-order valence-corrected chi connectivity index (χ3v) is 7.38. The Morgan fingerprint density at radius 3 is 2.58 bits per heavy atom. The van der Waals surface area contributed by atoms with Crippen LogP contribution >= 0.6 is 31.9 Å². The Balaban J connectivity index is 1.66. The monoisotopic (exact) mass is 475 g/mol. The van der Waals surface area contributed by atoms with Crippen molar-refractivity contribution in [1.29, 1.82) is 0 Å². The van der Waals surface area contributed by atoms with Gasteiger partial charge < -0.3 is 5.32 Å². The third kappa shape index (κ3) is 3.07. The first kappa shape index (κ1) is 17.4. The molecule has 0 bridgehead atoms. The van der Waals surface area contributed by atoms with Gasteiger partial charge in [0, 0.05) is 41.3 Å². The fourth-order valence-corrected chi connectivity index (χ4v) is 5.79. The first-order valence-electron chi connectivity index (χ1n) is 9.62. The Hall–Kier alpha value is -0.750. The summed E-state index contributed by atoms with van der Waals surface area (Å²) in [6.45, 7) is 4.25. The van der Waals surface area contributed by atoms with Gasteiger partial charge in [-0.15, -0.1) is 0 Å². The molecule has 2 aliphatic carbocycles. The van der Waals surface area contributed by atoms with Gasteiger partial charge in [-0.2, -0.15) is 0 Å². The highest BCUT2D eigenvalue weighted by atomic mass is 79.9. The van der Waals surface area contributed by atoms with Gasteiger partial charge in [-0.3, -0.25) is 9.88 Å². The van der Waals surface area contributed by atoms with Crippen LogP contribution in [0.25, 0.3) is 0 Å². The van der Waals surface area contributed by atoms with Crippen molar-refractivity contribution in [2.75, 3.05) is 26.2 Å². The molecule has 5 heteroatoms. The highest BCUT2D eigenvalue weighted by Gasteiger charge is 2.34. The van der Waals surface area contributed by atoms with Crippen molar-refractivity contribution in [2.24, 2.45) is 0 Å². The molecule has 1 unspecified atom stereocenters. The summed E-state index contributed by atoms with van der Waals surface area (Å²) in [7, 11) is 0. The molecule has 1 aromatic heterocycles. The Labute approximate surface area is 171 Å². The van der Waals surface area contributed by atoms with E-state index in [0.717, 1.165) is 49.4 Å². The van der Waals surface area contributed by atoms with Gasteiger partial charge in [-0.25, -0.2) is 0 Å². The van der Waals surface area contributed by atoms with Gasteiger partial charge in [0.05, 0.1) is 11.7 Å². The molecule has 26 heavy (non-hydrogen) atoms. The van der Waals surface area contributed by atoms with E-state index < -0.39 is 0 Å². The maximum Gasteiger partial charge on any atom is 0.0783 e. The summed E-state index contributed by atoms with van der Waals surface area (Å²) >= 11 is 7.62. The number of hydrogen-bond donors (Lipinski definition) is 1. The summed E-state index contributed by atoms with van der Waals surface area (Å²) in [5, 5.41) is 3.49. The van der Waals surface area contributed by atoms with E-state index in [4.69, 9.17) is 4.98 Å². The van der Waals surface area contributed by atoms with Crippen LogP contribution in [-0.2, 0) is 12.8 Å². The minimum atomic E-state index is 0.266. The smallest absolute Gasteiger partial charge is 0.0783 e. The molecule has 1 aromatic carbocycles. The van der Waals surface area contributed by atoms with E-state index in [1.54, 1.807) is 0 Å². The molecule has 2 fully saturated rings.